The summed E-state index contributed by atoms with van der Waals surface area (Å²) in [6.45, 7) is 6.47. The van der Waals surface area contributed by atoms with Crippen LogP contribution in [0.1, 0.15) is 19.4 Å². The van der Waals surface area contributed by atoms with Gasteiger partial charge in [0.25, 0.3) is 0 Å². The van der Waals surface area contributed by atoms with Gasteiger partial charge < -0.3 is 10.6 Å². The molecule has 0 spiro atoms. The molecule has 0 heterocycles. The molecule has 0 saturated carbocycles. The number of hydrogen-bond donors (Lipinski definition) is 2. The van der Waals surface area contributed by atoms with Gasteiger partial charge in [0, 0.05) is 12.2 Å². The molecule has 3 heteroatoms. The van der Waals surface area contributed by atoms with Crippen LogP contribution >= 0.6 is 0 Å². The third-order valence-corrected chi connectivity index (χ3v) is 2.18. The summed E-state index contributed by atoms with van der Waals surface area (Å²) in [4.78, 5) is 11.4. The Morgan fingerprint density at radius 2 is 1.93 bits per heavy atom. The zero-order chi connectivity index (χ0) is 11.3. The van der Waals surface area contributed by atoms with Gasteiger partial charge in [0.15, 0.2) is 0 Å². The van der Waals surface area contributed by atoms with Crippen molar-refractivity contribution in [3.05, 3.63) is 29.8 Å². The van der Waals surface area contributed by atoms with Gasteiger partial charge in [-0.1, -0.05) is 17.7 Å². The second-order valence-electron chi connectivity index (χ2n) is 3.63. The number of rotatable bonds is 4. The quantitative estimate of drug-likeness (QED) is 0.790. The second-order valence-corrected chi connectivity index (χ2v) is 3.63. The lowest BCUT2D eigenvalue weighted by Gasteiger charge is -2.14. The number of carbonyl (C=O) groups excluding carboxylic acids is 1. The lowest BCUT2D eigenvalue weighted by atomic mass is 10.2. The van der Waals surface area contributed by atoms with Gasteiger partial charge >= 0.3 is 0 Å². The fourth-order valence-electron chi connectivity index (χ4n) is 1.29. The molecule has 3 nitrogen and oxygen atoms in total. The van der Waals surface area contributed by atoms with E-state index < -0.39 is 0 Å². The molecular weight excluding hydrogens is 188 g/mol. The van der Waals surface area contributed by atoms with E-state index in [1.54, 1.807) is 0 Å². The number of nitrogens with one attached hydrogen (secondary N) is 2. The summed E-state index contributed by atoms with van der Waals surface area (Å²) in [5.74, 6) is 0.0260. The molecule has 1 atom stereocenters. The summed E-state index contributed by atoms with van der Waals surface area (Å²) in [5.41, 5.74) is 2.19. The molecule has 15 heavy (non-hydrogen) atoms. The number of hydrogen-bond acceptors (Lipinski definition) is 2. The van der Waals surface area contributed by atoms with E-state index in [2.05, 4.69) is 10.6 Å². The number of aryl methyl sites for hydroxylation is 1. The second kappa shape index (κ2) is 5.39. The Morgan fingerprint density at radius 1 is 1.33 bits per heavy atom. The van der Waals surface area contributed by atoms with Crippen molar-refractivity contribution in [3.8, 4) is 0 Å². The van der Waals surface area contributed by atoms with Crippen molar-refractivity contribution >= 4 is 11.6 Å². The number of amides is 1. The minimum atomic E-state index is -0.201. The number of anilines is 1. The first-order chi connectivity index (χ1) is 7.13. The predicted octanol–water partition coefficient (Wildman–Crippen LogP) is 1.93. The van der Waals surface area contributed by atoms with E-state index >= 15 is 0 Å². The molecule has 1 aromatic rings. The molecule has 1 rings (SSSR count). The minimum Gasteiger partial charge on any atom is -0.374 e. The van der Waals surface area contributed by atoms with Gasteiger partial charge in [-0.2, -0.15) is 0 Å². The summed E-state index contributed by atoms with van der Waals surface area (Å²) in [6.07, 6.45) is 0. The first-order valence-corrected chi connectivity index (χ1v) is 5.24. The highest BCUT2D eigenvalue weighted by molar-refractivity contribution is 5.84. The van der Waals surface area contributed by atoms with Crippen LogP contribution in [0.2, 0.25) is 0 Å². The molecule has 2 N–H and O–H groups in total. The predicted molar refractivity (Wildman–Crippen MR) is 62.9 cm³/mol. The molecule has 0 fully saturated rings. The van der Waals surface area contributed by atoms with Gasteiger partial charge in [0.2, 0.25) is 5.91 Å². The van der Waals surface area contributed by atoms with E-state index in [-0.39, 0.29) is 11.9 Å². The summed E-state index contributed by atoms with van der Waals surface area (Å²) in [6, 6.07) is 7.79. The monoisotopic (exact) mass is 206 g/mol. The van der Waals surface area contributed by atoms with Crippen LogP contribution in [0.5, 0.6) is 0 Å². The molecule has 0 aromatic heterocycles. The van der Waals surface area contributed by atoms with Crippen molar-refractivity contribution in [3.63, 3.8) is 0 Å². The Labute approximate surface area is 90.9 Å². The van der Waals surface area contributed by atoms with Crippen molar-refractivity contribution in [2.24, 2.45) is 0 Å². The third-order valence-electron chi connectivity index (χ3n) is 2.18. The van der Waals surface area contributed by atoms with E-state index in [1.165, 1.54) is 5.56 Å². The van der Waals surface area contributed by atoms with E-state index in [4.69, 9.17) is 0 Å². The molecule has 0 bridgehead atoms. The normalized spacial score (nSPS) is 11.9. The van der Waals surface area contributed by atoms with Gasteiger partial charge in [-0.25, -0.2) is 0 Å². The highest BCUT2D eigenvalue weighted by atomic mass is 16.2. The molecule has 0 radical (unpaired) electrons. The van der Waals surface area contributed by atoms with E-state index in [9.17, 15) is 4.79 Å². The summed E-state index contributed by atoms with van der Waals surface area (Å²) in [5, 5.41) is 5.92. The van der Waals surface area contributed by atoms with Gasteiger partial charge in [0.1, 0.15) is 6.04 Å². The first kappa shape index (κ1) is 11.6. The van der Waals surface area contributed by atoms with Crippen molar-refractivity contribution in [1.82, 2.24) is 5.32 Å². The Bertz CT molecular complexity index is 319. The molecule has 82 valence electrons. The Kier molecular flexibility index (Phi) is 4.16. The summed E-state index contributed by atoms with van der Waals surface area (Å²) >= 11 is 0. The van der Waals surface area contributed by atoms with Crippen molar-refractivity contribution < 1.29 is 4.79 Å². The number of benzene rings is 1. The van der Waals surface area contributed by atoms with Crippen LogP contribution in [0, 0.1) is 6.92 Å². The van der Waals surface area contributed by atoms with Crippen molar-refractivity contribution in [1.29, 1.82) is 0 Å². The molecule has 0 aliphatic rings. The maximum absolute atomic E-state index is 11.4. The molecule has 1 amide bonds. The smallest absolute Gasteiger partial charge is 0.242 e. The van der Waals surface area contributed by atoms with Crippen LogP contribution < -0.4 is 10.6 Å². The van der Waals surface area contributed by atoms with Crippen LogP contribution in [-0.4, -0.2) is 18.5 Å². The largest absolute Gasteiger partial charge is 0.374 e. The molecule has 1 aromatic carbocycles. The average molecular weight is 206 g/mol. The molecule has 1 unspecified atom stereocenters. The van der Waals surface area contributed by atoms with E-state index in [0.717, 1.165) is 5.69 Å². The van der Waals surface area contributed by atoms with Crippen LogP contribution in [0.15, 0.2) is 24.3 Å². The van der Waals surface area contributed by atoms with Gasteiger partial charge in [-0.05, 0) is 32.9 Å². The maximum atomic E-state index is 11.4. The highest BCUT2D eigenvalue weighted by Gasteiger charge is 2.10. The highest BCUT2D eigenvalue weighted by Crippen LogP contribution is 2.09. The summed E-state index contributed by atoms with van der Waals surface area (Å²) in [7, 11) is 0. The van der Waals surface area contributed by atoms with Crippen LogP contribution in [0.3, 0.4) is 0 Å². The van der Waals surface area contributed by atoms with Gasteiger partial charge in [-0.3, -0.25) is 4.79 Å². The lowest BCUT2D eigenvalue weighted by molar-refractivity contribution is -0.121. The molecule has 0 aliphatic carbocycles. The topological polar surface area (TPSA) is 41.1 Å². The summed E-state index contributed by atoms with van der Waals surface area (Å²) < 4.78 is 0. The van der Waals surface area contributed by atoms with Crippen LogP contribution in [0.4, 0.5) is 5.69 Å². The Hall–Kier alpha value is -1.51. The Morgan fingerprint density at radius 3 is 2.47 bits per heavy atom. The van der Waals surface area contributed by atoms with E-state index in [1.807, 2.05) is 45.0 Å². The number of carbonyl (C=O) groups is 1. The zero-order valence-electron chi connectivity index (χ0n) is 9.50. The minimum absolute atomic E-state index is 0.0260. The molecule has 0 saturated heterocycles. The number of likely N-dealkylation sites (N-methyl/N-ethyl adjacent to an activating group) is 1. The standard InChI is InChI=1S/C12H18N2O/c1-4-13-12(15)10(3)14-11-7-5-9(2)6-8-11/h5-8,10,14H,4H2,1-3H3,(H,13,15). The van der Waals surface area contributed by atoms with Crippen molar-refractivity contribution in [2.45, 2.75) is 26.8 Å². The third kappa shape index (κ3) is 3.62. The fourth-order valence-corrected chi connectivity index (χ4v) is 1.29. The molecule has 0 aliphatic heterocycles. The SMILES string of the molecule is CCNC(=O)C(C)Nc1ccc(C)cc1. The van der Waals surface area contributed by atoms with E-state index in [0.29, 0.717) is 6.54 Å². The maximum Gasteiger partial charge on any atom is 0.242 e. The zero-order valence-corrected chi connectivity index (χ0v) is 9.50. The van der Waals surface area contributed by atoms with Crippen molar-refractivity contribution in [2.75, 3.05) is 11.9 Å². The van der Waals surface area contributed by atoms with Gasteiger partial charge in [0.05, 0.1) is 0 Å². The lowest BCUT2D eigenvalue weighted by Crippen LogP contribution is -2.37. The van der Waals surface area contributed by atoms with Crippen LogP contribution in [-0.2, 0) is 4.79 Å². The van der Waals surface area contributed by atoms with Crippen LogP contribution in [0.25, 0.3) is 0 Å². The van der Waals surface area contributed by atoms with Gasteiger partial charge in [-0.15, -0.1) is 0 Å². The Balaban J connectivity index is 2.54. The average Bonchev–Trinajstić information content (AvgIpc) is 2.22. The first-order valence-electron chi connectivity index (χ1n) is 5.24. The molecular formula is C12H18N2O. The fraction of sp³-hybridized carbons (Fsp3) is 0.417.